The molecule has 3 aliphatic rings. The van der Waals surface area contributed by atoms with Gasteiger partial charge in [-0.2, -0.15) is 0 Å². The second-order valence-electron chi connectivity index (χ2n) is 18.1. The Morgan fingerprint density at radius 3 is 1.57 bits per heavy atom. The van der Waals surface area contributed by atoms with E-state index in [2.05, 4.69) is 74.8 Å². The molecule has 0 radical (unpaired) electrons. The maximum atomic E-state index is 16.0. The van der Waals surface area contributed by atoms with Crippen LogP contribution < -0.4 is 9.80 Å². The van der Waals surface area contributed by atoms with E-state index < -0.39 is 60.7 Å². The smallest absolute Gasteiger partial charge is 0.247 e. The van der Waals surface area contributed by atoms with Gasteiger partial charge in [-0.3, -0.25) is 24.1 Å². The van der Waals surface area contributed by atoms with Gasteiger partial charge in [-0.25, -0.2) is 9.88 Å². The first-order valence-corrected chi connectivity index (χ1v) is 24.0. The van der Waals surface area contributed by atoms with Crippen LogP contribution in [-0.2, 0) is 41.0 Å². The summed E-state index contributed by atoms with van der Waals surface area (Å²) in [6.07, 6.45) is 1.84. The molecule has 0 N–H and O–H groups in total. The zero-order valence-electron chi connectivity index (χ0n) is 35.2. The summed E-state index contributed by atoms with van der Waals surface area (Å²) in [5, 5.41) is -0.148. The van der Waals surface area contributed by atoms with Gasteiger partial charge in [0.05, 0.1) is 35.2 Å². The van der Waals surface area contributed by atoms with E-state index in [1.165, 1.54) is 9.80 Å². The highest BCUT2D eigenvalue weighted by Crippen LogP contribution is 2.59. The van der Waals surface area contributed by atoms with Crippen molar-refractivity contribution in [2.45, 2.75) is 62.7 Å². The fourth-order valence-electron chi connectivity index (χ4n) is 9.97. The van der Waals surface area contributed by atoms with Crippen LogP contribution in [0.4, 0.5) is 11.4 Å². The van der Waals surface area contributed by atoms with Crippen LogP contribution in [0.5, 0.6) is 0 Å². The number of carbonyl (C=O) groups is 4. The predicted octanol–water partition coefficient (Wildman–Crippen LogP) is 8.92. The van der Waals surface area contributed by atoms with E-state index >= 15 is 14.4 Å². The van der Waals surface area contributed by atoms with Gasteiger partial charge in [-0.05, 0) is 71.4 Å². The molecule has 61 heavy (non-hydrogen) atoms. The van der Waals surface area contributed by atoms with E-state index in [1.807, 2.05) is 66.7 Å². The largest absolute Gasteiger partial charge is 0.417 e. The molecule has 9 nitrogen and oxygen atoms in total. The molecule has 1 aliphatic carbocycles. The van der Waals surface area contributed by atoms with Gasteiger partial charge in [0.2, 0.25) is 23.6 Å². The molecule has 1 aromatic heterocycles. The third kappa shape index (κ3) is 6.09. The number of rotatable bonds is 10. The summed E-state index contributed by atoms with van der Waals surface area (Å²) in [4.78, 5) is 68.8. The molecule has 2 aliphatic heterocycles. The van der Waals surface area contributed by atoms with Gasteiger partial charge < -0.3 is 8.99 Å². The van der Waals surface area contributed by atoms with Gasteiger partial charge in [0.1, 0.15) is 11.0 Å². The molecule has 0 saturated carbocycles. The lowest BCUT2D eigenvalue weighted by atomic mass is 9.57. The Kier molecular flexibility index (Phi) is 9.91. The van der Waals surface area contributed by atoms with Gasteiger partial charge in [0, 0.05) is 18.7 Å². The Morgan fingerprint density at radius 1 is 0.639 bits per heavy atom. The lowest BCUT2D eigenvalue weighted by molar-refractivity contribution is -0.134. The topological polar surface area (TPSA) is 102 Å². The maximum absolute atomic E-state index is 16.0. The van der Waals surface area contributed by atoms with Gasteiger partial charge in [-0.1, -0.05) is 148 Å². The fraction of sp³-hybridized carbons (Fsp3) is 0.275. The van der Waals surface area contributed by atoms with Crippen molar-refractivity contribution in [3.63, 3.8) is 0 Å². The van der Waals surface area contributed by atoms with Gasteiger partial charge in [-0.15, -0.1) is 0 Å². The maximum Gasteiger partial charge on any atom is 0.247 e. The fourth-order valence-corrected chi connectivity index (χ4v) is 11.0. The molecule has 4 amide bonds. The highest BCUT2D eigenvalue weighted by Gasteiger charge is 2.73. The lowest BCUT2D eigenvalue weighted by Crippen LogP contribution is -2.56. The quantitative estimate of drug-likeness (QED) is 0.0777. The zero-order chi connectivity index (χ0) is 42.7. The molecule has 0 unspecified atom stereocenters. The molecular formula is C51H50N4O5Si. The molecule has 10 heteroatoms. The molecule has 4 atom stereocenters. The second-order valence-corrected chi connectivity index (χ2v) is 22.9. The third-order valence-electron chi connectivity index (χ3n) is 13.8. The van der Waals surface area contributed by atoms with E-state index in [4.69, 9.17) is 9.41 Å². The molecule has 308 valence electrons. The van der Waals surface area contributed by atoms with Crippen molar-refractivity contribution in [2.75, 3.05) is 16.4 Å². The predicted molar refractivity (Wildman–Crippen MR) is 238 cm³/mol. The number of imide groups is 2. The minimum absolute atomic E-state index is 0.148. The highest BCUT2D eigenvalue weighted by molar-refractivity contribution is 6.74. The van der Waals surface area contributed by atoms with Crippen LogP contribution in [-0.4, -0.2) is 48.1 Å². The summed E-state index contributed by atoms with van der Waals surface area (Å²) in [5.41, 5.74) is 1.90. The highest BCUT2D eigenvalue weighted by atomic mass is 28.4. The van der Waals surface area contributed by atoms with Gasteiger partial charge >= 0.3 is 0 Å². The Morgan fingerprint density at radius 2 is 1.10 bits per heavy atom. The summed E-state index contributed by atoms with van der Waals surface area (Å²) in [6, 6.07) is 48.4. The number of fused-ring (bicyclic) bond motifs is 3. The molecule has 6 aromatic rings. The first-order valence-electron chi connectivity index (χ1n) is 21.1. The van der Waals surface area contributed by atoms with Crippen LogP contribution in [0.15, 0.2) is 158 Å². The van der Waals surface area contributed by atoms with Crippen molar-refractivity contribution >= 4 is 43.3 Å². The molecule has 0 bridgehead atoms. The normalized spacial score (nSPS) is 21.8. The van der Waals surface area contributed by atoms with Crippen molar-refractivity contribution in [1.29, 1.82) is 0 Å². The molecular weight excluding hydrogens is 777 g/mol. The van der Waals surface area contributed by atoms with Crippen molar-refractivity contribution in [3.8, 4) is 0 Å². The number of hydrogen-bond donors (Lipinski definition) is 0. The lowest BCUT2D eigenvalue weighted by Gasteiger charge is -2.46. The van der Waals surface area contributed by atoms with E-state index in [0.29, 0.717) is 29.2 Å². The number of imidazole rings is 1. The standard InChI is InChI=1S/C51H50N4O5Si/c1-49(2,3)61(4,5)60-33-35-31-42-45(52-34-53(42)51(36-21-11-6-12-22-36,37-23-13-7-14-24-37)38-25-15-8-16-26-38)50(41-32-43(56)54(46(41)57)39-27-17-9-18-28-39)44(35)47(58)55(48(50)59)40-29-19-10-20-30-40/h6-30,34-35,41,44H,31-33H2,1-5H3/t35-,41-,44-,50+/m1/s1. The number of anilines is 2. The number of amides is 4. The molecule has 5 aromatic carbocycles. The molecule has 2 saturated heterocycles. The molecule has 2 fully saturated rings. The number of para-hydroxylation sites is 2. The number of carbonyl (C=O) groups excluding carboxylic acids is 4. The number of hydrogen-bond acceptors (Lipinski definition) is 6. The second kappa shape index (κ2) is 15.0. The molecule has 3 heterocycles. The SMILES string of the molecule is CC(C)(C)[Si](C)(C)OC[C@H]1Cc2c(ncn2C(c2ccccc2)(c2ccccc2)c2ccccc2)[C@@]2([C@@H]3CC(=O)N(c4ccccc4)C3=O)C(=O)N(c3ccccc3)C(=O)[C@@H]12. The summed E-state index contributed by atoms with van der Waals surface area (Å²) in [5.74, 6) is -4.78. The van der Waals surface area contributed by atoms with E-state index in [0.717, 1.165) is 16.7 Å². The Hall–Kier alpha value is -6.23. The van der Waals surface area contributed by atoms with Crippen LogP contribution in [0.25, 0.3) is 0 Å². The van der Waals surface area contributed by atoms with Gasteiger partial charge in [0.25, 0.3) is 0 Å². The summed E-state index contributed by atoms with van der Waals surface area (Å²) < 4.78 is 9.21. The summed E-state index contributed by atoms with van der Waals surface area (Å²) in [6.45, 7) is 11.1. The average Bonchev–Trinajstić information content (AvgIpc) is 3.90. The molecule has 9 rings (SSSR count). The summed E-state index contributed by atoms with van der Waals surface area (Å²) >= 11 is 0. The number of nitrogens with zero attached hydrogens (tertiary/aromatic N) is 4. The van der Waals surface area contributed by atoms with E-state index in [9.17, 15) is 4.79 Å². The molecule has 0 spiro atoms. The van der Waals surface area contributed by atoms with Crippen molar-refractivity contribution < 1.29 is 23.6 Å². The van der Waals surface area contributed by atoms with Crippen LogP contribution in [0.3, 0.4) is 0 Å². The Balaban J connectivity index is 1.36. The zero-order valence-corrected chi connectivity index (χ0v) is 36.2. The van der Waals surface area contributed by atoms with Crippen LogP contribution >= 0.6 is 0 Å². The Bertz CT molecular complexity index is 2510. The van der Waals surface area contributed by atoms with E-state index in [-0.39, 0.29) is 18.1 Å². The van der Waals surface area contributed by atoms with Crippen molar-refractivity contribution in [3.05, 3.63) is 186 Å². The number of aromatic nitrogens is 2. The van der Waals surface area contributed by atoms with Gasteiger partial charge in [0.15, 0.2) is 8.32 Å². The first-order chi connectivity index (χ1) is 29.3. The minimum atomic E-state index is -2.43. The Labute approximate surface area is 358 Å². The average molecular weight is 827 g/mol. The van der Waals surface area contributed by atoms with Crippen LogP contribution in [0.2, 0.25) is 18.1 Å². The van der Waals surface area contributed by atoms with E-state index in [1.54, 1.807) is 54.9 Å². The van der Waals surface area contributed by atoms with Crippen molar-refractivity contribution in [1.82, 2.24) is 9.55 Å². The summed E-state index contributed by atoms with van der Waals surface area (Å²) in [7, 11) is -2.43. The number of benzene rings is 5. The monoisotopic (exact) mass is 826 g/mol. The minimum Gasteiger partial charge on any atom is -0.417 e. The van der Waals surface area contributed by atoms with Crippen LogP contribution in [0.1, 0.15) is 55.3 Å². The third-order valence-corrected chi connectivity index (χ3v) is 18.3. The van der Waals surface area contributed by atoms with Crippen molar-refractivity contribution in [2.24, 2.45) is 17.8 Å². The first kappa shape index (κ1) is 40.2. The van der Waals surface area contributed by atoms with Crippen LogP contribution in [0, 0.1) is 17.8 Å².